The number of aliphatic hydroxyl groups is 1. The summed E-state index contributed by atoms with van der Waals surface area (Å²) >= 11 is 0. The Morgan fingerprint density at radius 2 is 2.00 bits per heavy atom. The first-order valence-electron chi connectivity index (χ1n) is 7.17. The van der Waals surface area contributed by atoms with Crippen molar-refractivity contribution in [3.8, 4) is 11.8 Å². The lowest BCUT2D eigenvalue weighted by atomic mass is 10.1. The quantitative estimate of drug-likeness (QED) is 0.819. The maximum absolute atomic E-state index is 12.7. The minimum atomic E-state index is -3.48. The largest absolute Gasteiger partial charge is 0.395 e. The smallest absolute Gasteiger partial charge is 0.243 e. The summed E-state index contributed by atoms with van der Waals surface area (Å²) in [6.45, 7) is 6.56. The molecule has 0 fully saturated rings. The van der Waals surface area contributed by atoms with Crippen LogP contribution >= 0.6 is 0 Å². The van der Waals surface area contributed by atoms with Crippen molar-refractivity contribution in [1.29, 1.82) is 0 Å². The van der Waals surface area contributed by atoms with E-state index in [9.17, 15) is 8.42 Å². The van der Waals surface area contributed by atoms with Crippen LogP contribution in [0.15, 0.2) is 23.1 Å². The second kappa shape index (κ2) is 8.18. The maximum atomic E-state index is 12.7. The first kappa shape index (κ1) is 17.7. The summed E-state index contributed by atoms with van der Waals surface area (Å²) < 4.78 is 26.9. The molecule has 1 aromatic carbocycles. The van der Waals surface area contributed by atoms with Crippen molar-refractivity contribution in [3.63, 3.8) is 0 Å². The molecule has 0 bridgehead atoms. The normalized spacial score (nSPS) is 11.3. The molecule has 1 aromatic rings. The predicted octanol–water partition coefficient (Wildman–Crippen LogP) is 2.15. The molecule has 0 atom stereocenters. The summed E-state index contributed by atoms with van der Waals surface area (Å²) in [7, 11) is -3.48. The molecule has 0 unspecified atom stereocenters. The van der Waals surface area contributed by atoms with E-state index in [2.05, 4.69) is 11.8 Å². The van der Waals surface area contributed by atoms with Crippen LogP contribution in [0.4, 0.5) is 0 Å². The van der Waals surface area contributed by atoms with Crippen LogP contribution in [0.5, 0.6) is 0 Å². The van der Waals surface area contributed by atoms with Gasteiger partial charge in [-0.2, -0.15) is 4.31 Å². The molecular weight excluding hydrogens is 286 g/mol. The van der Waals surface area contributed by atoms with E-state index in [0.29, 0.717) is 30.0 Å². The summed E-state index contributed by atoms with van der Waals surface area (Å²) in [6.07, 6.45) is 1.16. The third-order valence-electron chi connectivity index (χ3n) is 3.10. The zero-order chi connectivity index (χ0) is 15.9. The molecule has 0 aliphatic carbocycles. The van der Waals surface area contributed by atoms with Crippen LogP contribution < -0.4 is 0 Å². The second-order valence-electron chi connectivity index (χ2n) is 4.75. The fourth-order valence-electron chi connectivity index (χ4n) is 2.01. The van der Waals surface area contributed by atoms with Gasteiger partial charge in [-0.1, -0.05) is 31.8 Å². The Kier molecular flexibility index (Phi) is 6.90. The Balaban J connectivity index is 3.23. The first-order valence-corrected chi connectivity index (χ1v) is 8.61. The highest BCUT2D eigenvalue weighted by Gasteiger charge is 2.24. The molecule has 0 saturated carbocycles. The van der Waals surface area contributed by atoms with E-state index >= 15 is 0 Å². The number of aliphatic hydroxyl groups excluding tert-OH is 1. The first-order chi connectivity index (χ1) is 9.97. The number of aryl methyl sites for hydroxylation is 1. The molecule has 0 heterocycles. The fourth-order valence-corrected chi connectivity index (χ4v) is 3.80. The zero-order valence-electron chi connectivity index (χ0n) is 12.9. The molecule has 21 heavy (non-hydrogen) atoms. The molecule has 0 radical (unpaired) electrons. The number of nitrogens with zero attached hydrogens (tertiary/aromatic N) is 1. The van der Waals surface area contributed by atoms with Crippen LogP contribution in [0.1, 0.15) is 37.8 Å². The maximum Gasteiger partial charge on any atom is 0.243 e. The molecule has 0 aliphatic heterocycles. The van der Waals surface area contributed by atoms with Crippen molar-refractivity contribution in [1.82, 2.24) is 4.31 Å². The Bertz CT molecular complexity index is 627. The average Bonchev–Trinajstić information content (AvgIpc) is 2.46. The van der Waals surface area contributed by atoms with Gasteiger partial charge in [-0.3, -0.25) is 0 Å². The summed E-state index contributed by atoms with van der Waals surface area (Å²) in [4.78, 5) is 0.314. The second-order valence-corrected chi connectivity index (χ2v) is 6.66. The van der Waals surface area contributed by atoms with Gasteiger partial charge >= 0.3 is 0 Å². The number of sulfonamides is 1. The Labute approximate surface area is 127 Å². The fraction of sp³-hybridized carbons (Fsp3) is 0.500. The number of benzene rings is 1. The number of hydrogen-bond acceptors (Lipinski definition) is 3. The molecule has 5 heteroatoms. The summed E-state index contributed by atoms with van der Waals surface area (Å²) in [5.74, 6) is 5.69. The van der Waals surface area contributed by atoms with Crippen LogP contribution in [-0.4, -0.2) is 37.5 Å². The van der Waals surface area contributed by atoms with E-state index < -0.39 is 10.0 Å². The van der Waals surface area contributed by atoms with Gasteiger partial charge < -0.3 is 5.11 Å². The van der Waals surface area contributed by atoms with Gasteiger partial charge in [0.25, 0.3) is 0 Å². The monoisotopic (exact) mass is 309 g/mol. The molecule has 1 N–H and O–H groups in total. The lowest BCUT2D eigenvalue weighted by molar-refractivity contribution is 0.305. The molecule has 0 saturated heterocycles. The lowest BCUT2D eigenvalue weighted by Gasteiger charge is -2.21. The van der Waals surface area contributed by atoms with Crippen LogP contribution in [0, 0.1) is 18.8 Å². The minimum absolute atomic E-state index is 0.00410. The van der Waals surface area contributed by atoms with Gasteiger partial charge in [0.2, 0.25) is 10.0 Å². The van der Waals surface area contributed by atoms with Crippen LogP contribution in [0.25, 0.3) is 0 Å². The standard InChI is InChI=1S/C16H23NO3S/c1-4-11-17(5-2)21(19,20)16-13-15(8-6-7-12-18)10-9-14(16)3/h9-10,13,18H,4-5,7,11-12H2,1-3H3. The van der Waals surface area contributed by atoms with Crippen molar-refractivity contribution >= 4 is 10.0 Å². The minimum Gasteiger partial charge on any atom is -0.395 e. The summed E-state index contributed by atoms with van der Waals surface area (Å²) in [6, 6.07) is 5.19. The van der Waals surface area contributed by atoms with Gasteiger partial charge in [-0.05, 0) is 31.0 Å². The molecule has 0 aromatic heterocycles. The van der Waals surface area contributed by atoms with Gasteiger partial charge in [-0.15, -0.1) is 0 Å². The van der Waals surface area contributed by atoms with Crippen LogP contribution in [-0.2, 0) is 10.0 Å². The van der Waals surface area contributed by atoms with E-state index in [-0.39, 0.29) is 6.61 Å². The SMILES string of the molecule is CCCN(CC)S(=O)(=O)c1cc(C#CCCO)ccc1C. The van der Waals surface area contributed by atoms with E-state index in [1.54, 1.807) is 25.1 Å². The van der Waals surface area contributed by atoms with Gasteiger partial charge in [0.1, 0.15) is 0 Å². The number of hydrogen-bond donors (Lipinski definition) is 1. The summed E-state index contributed by atoms with van der Waals surface area (Å²) in [5, 5.41) is 8.73. The summed E-state index contributed by atoms with van der Waals surface area (Å²) in [5.41, 5.74) is 1.37. The van der Waals surface area contributed by atoms with E-state index in [4.69, 9.17) is 5.11 Å². The third kappa shape index (κ3) is 4.57. The third-order valence-corrected chi connectivity index (χ3v) is 5.22. The molecule has 0 aliphatic rings. The van der Waals surface area contributed by atoms with E-state index in [0.717, 1.165) is 12.0 Å². The topological polar surface area (TPSA) is 57.6 Å². The van der Waals surface area contributed by atoms with Gasteiger partial charge in [0, 0.05) is 25.1 Å². The van der Waals surface area contributed by atoms with Crippen molar-refractivity contribution in [2.75, 3.05) is 19.7 Å². The van der Waals surface area contributed by atoms with Crippen molar-refractivity contribution in [2.45, 2.75) is 38.5 Å². The Morgan fingerprint density at radius 3 is 2.57 bits per heavy atom. The van der Waals surface area contributed by atoms with E-state index in [1.807, 2.05) is 13.8 Å². The van der Waals surface area contributed by atoms with Gasteiger partial charge in [0.05, 0.1) is 11.5 Å². The number of rotatable bonds is 6. The molecule has 0 amide bonds. The molecular formula is C16H23NO3S. The molecule has 1 rings (SSSR count). The zero-order valence-corrected chi connectivity index (χ0v) is 13.7. The highest BCUT2D eigenvalue weighted by Crippen LogP contribution is 2.21. The highest BCUT2D eigenvalue weighted by molar-refractivity contribution is 7.89. The van der Waals surface area contributed by atoms with Crippen LogP contribution in [0.2, 0.25) is 0 Å². The Hall–Kier alpha value is -1.35. The van der Waals surface area contributed by atoms with Crippen molar-refractivity contribution in [2.24, 2.45) is 0 Å². The van der Waals surface area contributed by atoms with Gasteiger partial charge in [0.15, 0.2) is 0 Å². The van der Waals surface area contributed by atoms with Crippen molar-refractivity contribution in [3.05, 3.63) is 29.3 Å². The van der Waals surface area contributed by atoms with E-state index in [1.165, 1.54) is 4.31 Å². The molecule has 4 nitrogen and oxygen atoms in total. The molecule has 0 spiro atoms. The highest BCUT2D eigenvalue weighted by atomic mass is 32.2. The average molecular weight is 309 g/mol. The lowest BCUT2D eigenvalue weighted by Crippen LogP contribution is -2.32. The molecule has 116 valence electrons. The van der Waals surface area contributed by atoms with Crippen molar-refractivity contribution < 1.29 is 13.5 Å². The van der Waals surface area contributed by atoms with Gasteiger partial charge in [-0.25, -0.2) is 8.42 Å². The predicted molar refractivity (Wildman–Crippen MR) is 84.5 cm³/mol. The Morgan fingerprint density at radius 1 is 1.29 bits per heavy atom. The van der Waals surface area contributed by atoms with Crippen LogP contribution in [0.3, 0.4) is 0 Å².